The lowest BCUT2D eigenvalue weighted by Crippen LogP contribution is -2.48. The second kappa shape index (κ2) is 15.6. The average Bonchev–Trinajstić information content (AvgIpc) is 3.76. The molecule has 2 unspecified atom stereocenters. The van der Waals surface area contributed by atoms with Gasteiger partial charge in [0.15, 0.2) is 11.5 Å². The molecule has 1 fully saturated rings. The number of ether oxygens (including phenoxy) is 3. The molecule has 0 bridgehead atoms. The van der Waals surface area contributed by atoms with Gasteiger partial charge in [-0.3, -0.25) is 9.59 Å². The van der Waals surface area contributed by atoms with Crippen molar-refractivity contribution in [2.45, 2.75) is 89.5 Å². The molecule has 46 heavy (non-hydrogen) atoms. The van der Waals surface area contributed by atoms with Gasteiger partial charge in [-0.1, -0.05) is 59.7 Å². The van der Waals surface area contributed by atoms with Gasteiger partial charge in [-0.15, -0.1) is 23.1 Å². The number of hydrogen-bond donors (Lipinski definition) is 1. The van der Waals surface area contributed by atoms with E-state index in [4.69, 9.17) is 14.2 Å². The first-order valence-electron chi connectivity index (χ1n) is 16.2. The zero-order chi connectivity index (χ0) is 33.5. The number of thiophene rings is 1. The third-order valence-electron chi connectivity index (χ3n) is 9.34. The molecule has 1 aliphatic rings. The second-order valence-electron chi connectivity index (χ2n) is 13.0. The van der Waals surface area contributed by atoms with Crippen molar-refractivity contribution in [1.29, 1.82) is 0 Å². The van der Waals surface area contributed by atoms with Crippen LogP contribution in [0.2, 0.25) is 0 Å². The molecule has 2 heterocycles. The number of carbonyl (C=O) groups is 2. The SMILES string of the molecule is CCC(C)(C)c1ccc(OCCCCNC(=O)C2CSC(c3cccs3)N2C(=O)c2ccc(OC)c(OC)c2)c(C(C)(C)CC)c1. The topological polar surface area (TPSA) is 77.1 Å². The molecular formula is C37H50N2O5S2. The van der Waals surface area contributed by atoms with Gasteiger partial charge in [-0.25, -0.2) is 0 Å². The van der Waals surface area contributed by atoms with E-state index in [0.29, 0.717) is 36.0 Å². The van der Waals surface area contributed by atoms with Crippen LogP contribution >= 0.6 is 23.1 Å². The number of nitrogens with zero attached hydrogens (tertiary/aromatic N) is 1. The van der Waals surface area contributed by atoms with Crippen molar-refractivity contribution in [3.05, 3.63) is 75.5 Å². The normalized spacial score (nSPS) is 16.7. The van der Waals surface area contributed by atoms with Gasteiger partial charge in [-0.05, 0) is 77.8 Å². The van der Waals surface area contributed by atoms with Gasteiger partial charge in [0.25, 0.3) is 5.91 Å². The fourth-order valence-electron chi connectivity index (χ4n) is 5.46. The molecule has 0 saturated carbocycles. The van der Waals surface area contributed by atoms with Crippen LogP contribution in [0.15, 0.2) is 53.9 Å². The third kappa shape index (κ3) is 8.03. The van der Waals surface area contributed by atoms with Crippen LogP contribution in [-0.2, 0) is 15.6 Å². The zero-order valence-corrected chi connectivity index (χ0v) is 30.2. The van der Waals surface area contributed by atoms with Crippen LogP contribution < -0.4 is 19.5 Å². The molecule has 2 aromatic carbocycles. The number of hydrogen-bond acceptors (Lipinski definition) is 7. The van der Waals surface area contributed by atoms with Crippen molar-refractivity contribution in [1.82, 2.24) is 10.2 Å². The van der Waals surface area contributed by atoms with E-state index in [1.54, 1.807) is 60.4 Å². The Morgan fingerprint density at radius 1 is 0.913 bits per heavy atom. The number of unbranched alkanes of at least 4 members (excludes halogenated alkanes) is 1. The second-order valence-corrected chi connectivity index (χ2v) is 15.1. The molecule has 3 aromatic rings. The molecule has 4 rings (SSSR count). The number of rotatable bonds is 15. The van der Waals surface area contributed by atoms with E-state index in [1.165, 1.54) is 11.1 Å². The smallest absolute Gasteiger partial charge is 0.255 e. The molecule has 2 atom stereocenters. The van der Waals surface area contributed by atoms with Crippen molar-refractivity contribution in [3.63, 3.8) is 0 Å². The van der Waals surface area contributed by atoms with Crippen LogP contribution in [-0.4, -0.2) is 55.9 Å². The van der Waals surface area contributed by atoms with E-state index in [0.717, 1.165) is 36.3 Å². The van der Waals surface area contributed by atoms with E-state index in [2.05, 4.69) is 65.1 Å². The molecule has 7 nitrogen and oxygen atoms in total. The summed E-state index contributed by atoms with van der Waals surface area (Å²) in [6.45, 7) is 14.7. The van der Waals surface area contributed by atoms with Crippen LogP contribution in [0.5, 0.6) is 17.2 Å². The number of benzene rings is 2. The maximum Gasteiger partial charge on any atom is 0.255 e. The summed E-state index contributed by atoms with van der Waals surface area (Å²) >= 11 is 3.21. The number of methoxy groups -OCH3 is 2. The minimum Gasteiger partial charge on any atom is -0.493 e. The summed E-state index contributed by atoms with van der Waals surface area (Å²) in [7, 11) is 3.10. The van der Waals surface area contributed by atoms with Gasteiger partial charge in [0.05, 0.1) is 20.8 Å². The van der Waals surface area contributed by atoms with E-state index in [1.807, 2.05) is 17.5 Å². The third-order valence-corrected chi connectivity index (χ3v) is 11.7. The standard InChI is InChI=1S/C37H50N2O5S2/c1-9-36(3,4)26-16-18-29(27(23-26)37(5,6)10-2)44-20-12-11-19-38-33(40)28-24-46-35(32-14-13-21-45-32)39(28)34(41)25-15-17-30(42-7)31(22-25)43-8/h13-18,21-23,28,35H,9-12,19-20,24H2,1-8H3,(H,38,40). The van der Waals surface area contributed by atoms with Crippen LogP contribution in [0.25, 0.3) is 0 Å². The predicted octanol–water partition coefficient (Wildman–Crippen LogP) is 8.37. The van der Waals surface area contributed by atoms with E-state index < -0.39 is 6.04 Å². The molecule has 1 aliphatic heterocycles. The van der Waals surface area contributed by atoms with Crippen molar-refractivity contribution in [2.75, 3.05) is 33.1 Å². The van der Waals surface area contributed by atoms with Crippen LogP contribution in [0.1, 0.15) is 99.0 Å². The highest BCUT2D eigenvalue weighted by molar-refractivity contribution is 7.99. The Labute approximate surface area is 283 Å². The van der Waals surface area contributed by atoms with Gasteiger partial charge in [-0.2, -0.15) is 0 Å². The summed E-state index contributed by atoms with van der Waals surface area (Å²) in [5.41, 5.74) is 3.16. The minimum absolute atomic E-state index is 0.00363. The minimum atomic E-state index is -0.585. The summed E-state index contributed by atoms with van der Waals surface area (Å²) in [6, 6.07) is 15.2. The highest BCUT2D eigenvalue weighted by atomic mass is 32.2. The number of thioether (sulfide) groups is 1. The van der Waals surface area contributed by atoms with Gasteiger partial charge in [0.1, 0.15) is 17.2 Å². The fraction of sp³-hybridized carbons (Fsp3) is 0.514. The van der Waals surface area contributed by atoms with Crippen molar-refractivity contribution in [2.24, 2.45) is 0 Å². The number of amides is 2. The Balaban J connectivity index is 1.38. The number of nitrogens with one attached hydrogen (secondary N) is 1. The number of carbonyl (C=O) groups excluding carboxylic acids is 2. The first kappa shape index (κ1) is 35.7. The van der Waals surface area contributed by atoms with Gasteiger partial charge in [0.2, 0.25) is 5.91 Å². The van der Waals surface area contributed by atoms with Crippen molar-refractivity contribution < 1.29 is 23.8 Å². The Morgan fingerprint density at radius 2 is 1.63 bits per heavy atom. The van der Waals surface area contributed by atoms with Crippen molar-refractivity contribution in [3.8, 4) is 17.2 Å². The Morgan fingerprint density at radius 3 is 2.28 bits per heavy atom. The summed E-state index contributed by atoms with van der Waals surface area (Å²) in [6.07, 6.45) is 3.67. The quantitative estimate of drug-likeness (QED) is 0.164. The zero-order valence-electron chi connectivity index (χ0n) is 28.6. The lowest BCUT2D eigenvalue weighted by molar-refractivity contribution is -0.124. The summed E-state index contributed by atoms with van der Waals surface area (Å²) in [5.74, 6) is 2.14. The molecule has 250 valence electrons. The summed E-state index contributed by atoms with van der Waals surface area (Å²) < 4.78 is 17.1. The lowest BCUT2D eigenvalue weighted by Gasteiger charge is -2.30. The molecule has 0 spiro atoms. The van der Waals surface area contributed by atoms with Gasteiger partial charge < -0.3 is 24.4 Å². The Hall–Kier alpha value is -3.17. The molecule has 0 radical (unpaired) electrons. The summed E-state index contributed by atoms with van der Waals surface area (Å²) in [4.78, 5) is 30.2. The van der Waals surface area contributed by atoms with Crippen molar-refractivity contribution >= 4 is 34.9 Å². The average molecular weight is 667 g/mol. The predicted molar refractivity (Wildman–Crippen MR) is 190 cm³/mol. The summed E-state index contributed by atoms with van der Waals surface area (Å²) in [5, 5.41) is 4.86. The monoisotopic (exact) mass is 666 g/mol. The maximum atomic E-state index is 13.9. The Bertz CT molecular complexity index is 1470. The van der Waals surface area contributed by atoms with E-state index >= 15 is 0 Å². The van der Waals surface area contributed by atoms with Gasteiger partial charge >= 0.3 is 0 Å². The first-order chi connectivity index (χ1) is 22.0. The largest absolute Gasteiger partial charge is 0.493 e. The molecule has 1 N–H and O–H groups in total. The molecule has 1 aromatic heterocycles. The molecule has 0 aliphatic carbocycles. The van der Waals surface area contributed by atoms with Crippen LogP contribution in [0.3, 0.4) is 0 Å². The highest BCUT2D eigenvalue weighted by Gasteiger charge is 2.43. The molecular weight excluding hydrogens is 617 g/mol. The first-order valence-corrected chi connectivity index (χ1v) is 18.2. The maximum absolute atomic E-state index is 13.9. The fourth-order valence-corrected chi connectivity index (χ4v) is 7.86. The molecule has 2 amide bonds. The molecule has 9 heteroatoms. The lowest BCUT2D eigenvalue weighted by atomic mass is 9.76. The highest BCUT2D eigenvalue weighted by Crippen LogP contribution is 2.44. The van der Waals surface area contributed by atoms with Crippen LogP contribution in [0, 0.1) is 0 Å². The van der Waals surface area contributed by atoms with Crippen LogP contribution in [0.4, 0.5) is 0 Å². The van der Waals surface area contributed by atoms with Gasteiger partial charge in [0, 0.05) is 28.3 Å². The van der Waals surface area contributed by atoms with E-state index in [9.17, 15) is 9.59 Å². The Kier molecular flexibility index (Phi) is 12.1. The molecule has 1 saturated heterocycles. The van der Waals surface area contributed by atoms with E-state index in [-0.39, 0.29) is 28.0 Å².